The zero-order chi connectivity index (χ0) is 6.69. The molecule has 3 heteroatoms. The highest BCUT2D eigenvalue weighted by Gasteiger charge is 2.13. The lowest BCUT2D eigenvalue weighted by Crippen LogP contribution is -2.28. The van der Waals surface area contributed by atoms with Crippen LogP contribution in [0.2, 0.25) is 0 Å². The molecule has 0 aromatic heterocycles. The van der Waals surface area contributed by atoms with Crippen LogP contribution in [0.5, 0.6) is 0 Å². The average Bonchev–Trinajstić information content (AvgIpc) is 2.17. The third kappa shape index (κ3) is 1.93. The first-order chi connectivity index (χ1) is 4.33. The predicted molar refractivity (Wildman–Crippen MR) is 38.1 cm³/mol. The fourth-order valence-electron chi connectivity index (χ4n) is 1.16. The highest BCUT2D eigenvalue weighted by atomic mass is 15.4. The van der Waals surface area contributed by atoms with Crippen LogP contribution in [0.3, 0.4) is 0 Å². The largest absolute Gasteiger partial charge is 0.329 e. The van der Waals surface area contributed by atoms with Crippen molar-refractivity contribution in [1.29, 1.82) is 0 Å². The molecule has 0 radical (unpaired) electrons. The molecule has 0 aromatic carbocycles. The van der Waals surface area contributed by atoms with E-state index in [0.717, 1.165) is 19.8 Å². The molecule has 0 atom stereocenters. The topological polar surface area (TPSA) is 32.5 Å². The molecule has 9 heavy (non-hydrogen) atoms. The summed E-state index contributed by atoms with van der Waals surface area (Å²) in [4.78, 5) is 4.66. The minimum absolute atomic E-state index is 0.786. The number of nitrogens with zero attached hydrogens (tertiary/aromatic N) is 2. The Morgan fingerprint density at radius 3 is 2.67 bits per heavy atom. The van der Waals surface area contributed by atoms with Crippen molar-refractivity contribution in [2.45, 2.75) is 0 Å². The summed E-state index contributed by atoms with van der Waals surface area (Å²) >= 11 is 0. The van der Waals surface area contributed by atoms with Gasteiger partial charge in [0, 0.05) is 26.2 Å². The SMILES string of the molecule is CN1CCN(CCN)C1. The molecular weight excluding hydrogens is 114 g/mol. The summed E-state index contributed by atoms with van der Waals surface area (Å²) in [6.45, 7) is 5.31. The lowest BCUT2D eigenvalue weighted by atomic mass is 10.5. The van der Waals surface area contributed by atoms with Crippen molar-refractivity contribution >= 4 is 0 Å². The van der Waals surface area contributed by atoms with E-state index in [1.54, 1.807) is 0 Å². The number of hydrogen-bond acceptors (Lipinski definition) is 3. The number of hydrogen-bond donors (Lipinski definition) is 1. The maximum absolute atomic E-state index is 5.39. The van der Waals surface area contributed by atoms with Crippen molar-refractivity contribution < 1.29 is 0 Å². The number of nitrogens with two attached hydrogens (primary N) is 1. The van der Waals surface area contributed by atoms with E-state index in [4.69, 9.17) is 5.73 Å². The second-order valence-electron chi connectivity index (χ2n) is 2.63. The summed E-state index contributed by atoms with van der Waals surface area (Å²) < 4.78 is 0. The van der Waals surface area contributed by atoms with Crippen molar-refractivity contribution in [3.8, 4) is 0 Å². The smallest absolute Gasteiger partial charge is 0.0504 e. The molecule has 0 amide bonds. The minimum atomic E-state index is 0.786. The molecule has 1 heterocycles. The van der Waals surface area contributed by atoms with Crippen LogP contribution in [-0.4, -0.2) is 49.7 Å². The standard InChI is InChI=1S/C6H15N3/c1-8-4-5-9(6-8)3-2-7/h2-7H2,1H3. The summed E-state index contributed by atoms with van der Waals surface area (Å²) in [5.41, 5.74) is 5.39. The summed E-state index contributed by atoms with van der Waals surface area (Å²) in [5, 5.41) is 0. The van der Waals surface area contributed by atoms with Crippen molar-refractivity contribution in [2.24, 2.45) is 5.73 Å². The Labute approximate surface area is 56.4 Å². The molecule has 2 N–H and O–H groups in total. The Hall–Kier alpha value is -0.120. The van der Waals surface area contributed by atoms with Crippen molar-refractivity contribution in [3.63, 3.8) is 0 Å². The Morgan fingerprint density at radius 2 is 2.22 bits per heavy atom. The van der Waals surface area contributed by atoms with Crippen LogP contribution in [0.15, 0.2) is 0 Å². The van der Waals surface area contributed by atoms with E-state index in [9.17, 15) is 0 Å². The molecule has 0 aliphatic carbocycles. The van der Waals surface area contributed by atoms with Crippen LogP contribution < -0.4 is 5.73 Å². The van der Waals surface area contributed by atoms with Gasteiger partial charge in [0.05, 0.1) is 6.67 Å². The summed E-state index contributed by atoms with van der Waals surface area (Å²) in [6.07, 6.45) is 0. The first-order valence-electron chi connectivity index (χ1n) is 3.44. The fraction of sp³-hybridized carbons (Fsp3) is 1.00. The van der Waals surface area contributed by atoms with Gasteiger partial charge >= 0.3 is 0 Å². The van der Waals surface area contributed by atoms with Gasteiger partial charge in [-0.3, -0.25) is 9.80 Å². The zero-order valence-electron chi connectivity index (χ0n) is 6.01. The highest BCUT2D eigenvalue weighted by Crippen LogP contribution is 1.98. The maximum atomic E-state index is 5.39. The van der Waals surface area contributed by atoms with E-state index < -0.39 is 0 Å². The van der Waals surface area contributed by atoms with Gasteiger partial charge in [0.15, 0.2) is 0 Å². The highest BCUT2D eigenvalue weighted by molar-refractivity contribution is 4.67. The molecule has 54 valence electrons. The first-order valence-corrected chi connectivity index (χ1v) is 3.44. The minimum Gasteiger partial charge on any atom is -0.329 e. The molecule has 1 aliphatic heterocycles. The van der Waals surface area contributed by atoms with E-state index in [0.29, 0.717) is 0 Å². The van der Waals surface area contributed by atoms with Crippen LogP contribution in [0.25, 0.3) is 0 Å². The van der Waals surface area contributed by atoms with E-state index in [1.807, 2.05) is 0 Å². The lowest BCUT2D eigenvalue weighted by molar-refractivity contribution is 0.280. The lowest BCUT2D eigenvalue weighted by Gasteiger charge is -2.12. The molecule has 0 aromatic rings. The maximum Gasteiger partial charge on any atom is 0.0504 e. The molecule has 0 spiro atoms. The molecule has 1 saturated heterocycles. The fourth-order valence-corrected chi connectivity index (χ4v) is 1.16. The van der Waals surface area contributed by atoms with Gasteiger partial charge in [0.25, 0.3) is 0 Å². The van der Waals surface area contributed by atoms with Crippen molar-refractivity contribution in [3.05, 3.63) is 0 Å². The van der Waals surface area contributed by atoms with Gasteiger partial charge in [-0.05, 0) is 7.05 Å². The molecule has 0 bridgehead atoms. The van der Waals surface area contributed by atoms with Gasteiger partial charge in [0.1, 0.15) is 0 Å². The number of likely N-dealkylation sites (N-methyl/N-ethyl adjacent to an activating group) is 1. The predicted octanol–water partition coefficient (Wildman–Crippen LogP) is -0.850. The first kappa shape index (κ1) is 6.99. The number of rotatable bonds is 2. The van der Waals surface area contributed by atoms with Gasteiger partial charge < -0.3 is 5.73 Å². The Balaban J connectivity index is 2.14. The van der Waals surface area contributed by atoms with E-state index >= 15 is 0 Å². The monoisotopic (exact) mass is 129 g/mol. The quantitative estimate of drug-likeness (QED) is 0.527. The summed E-state index contributed by atoms with van der Waals surface area (Å²) in [6, 6.07) is 0. The molecule has 3 nitrogen and oxygen atoms in total. The molecule has 1 rings (SSSR count). The molecule has 1 fully saturated rings. The summed E-state index contributed by atoms with van der Waals surface area (Å²) in [7, 11) is 2.14. The second kappa shape index (κ2) is 3.15. The van der Waals surface area contributed by atoms with E-state index in [2.05, 4.69) is 16.8 Å². The van der Waals surface area contributed by atoms with Crippen LogP contribution in [0.4, 0.5) is 0 Å². The Bertz CT molecular complexity index is 82.4. The molecule has 1 aliphatic rings. The van der Waals surface area contributed by atoms with E-state index in [1.165, 1.54) is 13.1 Å². The van der Waals surface area contributed by atoms with Crippen molar-refractivity contribution in [2.75, 3.05) is 39.9 Å². The van der Waals surface area contributed by atoms with Crippen LogP contribution >= 0.6 is 0 Å². The van der Waals surface area contributed by atoms with Crippen molar-refractivity contribution in [1.82, 2.24) is 9.80 Å². The van der Waals surface area contributed by atoms with Gasteiger partial charge in [-0.15, -0.1) is 0 Å². The van der Waals surface area contributed by atoms with Gasteiger partial charge in [-0.2, -0.15) is 0 Å². The third-order valence-corrected chi connectivity index (χ3v) is 1.68. The van der Waals surface area contributed by atoms with E-state index in [-0.39, 0.29) is 0 Å². The second-order valence-corrected chi connectivity index (χ2v) is 2.63. The molecular formula is C6H15N3. The third-order valence-electron chi connectivity index (χ3n) is 1.68. The molecule has 0 saturated carbocycles. The Morgan fingerprint density at radius 1 is 1.44 bits per heavy atom. The molecule has 0 unspecified atom stereocenters. The average molecular weight is 129 g/mol. The van der Waals surface area contributed by atoms with Gasteiger partial charge in [0.2, 0.25) is 0 Å². The van der Waals surface area contributed by atoms with Crippen LogP contribution in [0.1, 0.15) is 0 Å². The normalized spacial score (nSPS) is 23.3. The van der Waals surface area contributed by atoms with Crippen LogP contribution in [-0.2, 0) is 0 Å². The zero-order valence-corrected chi connectivity index (χ0v) is 6.01. The Kier molecular flexibility index (Phi) is 2.45. The van der Waals surface area contributed by atoms with Crippen LogP contribution in [0, 0.1) is 0 Å². The summed E-state index contributed by atoms with van der Waals surface area (Å²) in [5.74, 6) is 0. The van der Waals surface area contributed by atoms with Gasteiger partial charge in [-0.1, -0.05) is 0 Å². The van der Waals surface area contributed by atoms with Gasteiger partial charge in [-0.25, -0.2) is 0 Å².